The van der Waals surface area contributed by atoms with Crippen molar-refractivity contribution in [3.8, 4) is 0 Å². The summed E-state index contributed by atoms with van der Waals surface area (Å²) in [4.78, 5) is 14.0. The third-order valence-corrected chi connectivity index (χ3v) is 3.11. The molecule has 0 radical (unpaired) electrons. The highest BCUT2D eigenvalue weighted by Gasteiger charge is 2.22. The molecule has 2 atom stereocenters. The number of piperazine rings is 1. The summed E-state index contributed by atoms with van der Waals surface area (Å²) in [7, 11) is 0. The van der Waals surface area contributed by atoms with Gasteiger partial charge in [0.2, 0.25) is 5.91 Å². The van der Waals surface area contributed by atoms with E-state index in [4.69, 9.17) is 0 Å². The molecule has 5 heteroatoms. The van der Waals surface area contributed by atoms with Crippen LogP contribution in [-0.4, -0.2) is 42.5 Å². The lowest BCUT2D eigenvalue weighted by molar-refractivity contribution is -0.117. The first-order chi connectivity index (χ1) is 9.02. The van der Waals surface area contributed by atoms with Crippen LogP contribution < -0.4 is 10.6 Å². The second-order valence-corrected chi connectivity index (χ2v) is 5.22. The molecule has 1 amide bonds. The van der Waals surface area contributed by atoms with Crippen molar-refractivity contribution in [2.24, 2.45) is 0 Å². The van der Waals surface area contributed by atoms with Crippen LogP contribution in [0.5, 0.6) is 0 Å². The van der Waals surface area contributed by atoms with E-state index in [1.807, 2.05) is 0 Å². The second kappa shape index (κ2) is 6.12. The minimum Gasteiger partial charge on any atom is -0.325 e. The number of hydrogen-bond acceptors (Lipinski definition) is 3. The van der Waals surface area contributed by atoms with E-state index in [1.165, 1.54) is 12.1 Å². The van der Waals surface area contributed by atoms with Crippen LogP contribution >= 0.6 is 0 Å². The van der Waals surface area contributed by atoms with Crippen molar-refractivity contribution in [1.82, 2.24) is 10.2 Å². The van der Waals surface area contributed by atoms with E-state index in [2.05, 4.69) is 29.4 Å². The quantitative estimate of drug-likeness (QED) is 0.869. The van der Waals surface area contributed by atoms with Crippen LogP contribution in [0, 0.1) is 5.82 Å². The van der Waals surface area contributed by atoms with Crippen LogP contribution in [0.2, 0.25) is 0 Å². The summed E-state index contributed by atoms with van der Waals surface area (Å²) in [5, 5.41) is 6.14. The fraction of sp³-hybridized carbons (Fsp3) is 0.500. The number of amides is 1. The molecule has 1 heterocycles. The fourth-order valence-electron chi connectivity index (χ4n) is 2.54. The standard InChI is InChI=1S/C14H20FN3O/c1-10-7-18(8-11(2)16-10)9-14(19)17-13-5-3-4-12(15)6-13/h3-6,10-11,16H,7-9H2,1-2H3,(H,17,19). The topological polar surface area (TPSA) is 44.4 Å². The van der Waals surface area contributed by atoms with Crippen LogP contribution in [0.4, 0.5) is 10.1 Å². The third kappa shape index (κ3) is 4.29. The lowest BCUT2D eigenvalue weighted by Crippen LogP contribution is -2.55. The van der Waals surface area contributed by atoms with Gasteiger partial charge in [0.1, 0.15) is 5.82 Å². The van der Waals surface area contributed by atoms with Crippen molar-refractivity contribution < 1.29 is 9.18 Å². The third-order valence-electron chi connectivity index (χ3n) is 3.11. The highest BCUT2D eigenvalue weighted by Crippen LogP contribution is 2.10. The van der Waals surface area contributed by atoms with E-state index >= 15 is 0 Å². The molecule has 1 aliphatic heterocycles. The number of carbonyl (C=O) groups excluding carboxylic acids is 1. The highest BCUT2D eigenvalue weighted by molar-refractivity contribution is 5.92. The van der Waals surface area contributed by atoms with Crippen molar-refractivity contribution in [3.63, 3.8) is 0 Å². The number of hydrogen-bond donors (Lipinski definition) is 2. The minimum atomic E-state index is -0.345. The molecule has 104 valence electrons. The van der Waals surface area contributed by atoms with Crippen molar-refractivity contribution in [3.05, 3.63) is 30.1 Å². The number of nitrogens with zero attached hydrogens (tertiary/aromatic N) is 1. The average molecular weight is 265 g/mol. The molecule has 1 saturated heterocycles. The van der Waals surface area contributed by atoms with Crippen LogP contribution in [0.25, 0.3) is 0 Å². The number of anilines is 1. The molecule has 19 heavy (non-hydrogen) atoms. The van der Waals surface area contributed by atoms with Crippen molar-refractivity contribution >= 4 is 11.6 Å². The largest absolute Gasteiger partial charge is 0.325 e. The molecule has 1 aromatic rings. The summed E-state index contributed by atoms with van der Waals surface area (Å²) in [5.74, 6) is -0.450. The molecule has 0 aliphatic carbocycles. The van der Waals surface area contributed by atoms with E-state index in [9.17, 15) is 9.18 Å². The Morgan fingerprint density at radius 1 is 1.42 bits per heavy atom. The smallest absolute Gasteiger partial charge is 0.238 e. The van der Waals surface area contributed by atoms with Gasteiger partial charge in [0.05, 0.1) is 6.54 Å². The number of carbonyl (C=O) groups is 1. The van der Waals surface area contributed by atoms with Crippen molar-refractivity contribution in [2.75, 3.05) is 25.0 Å². The van der Waals surface area contributed by atoms with Gasteiger partial charge >= 0.3 is 0 Å². The van der Waals surface area contributed by atoms with Gasteiger partial charge in [-0.05, 0) is 32.0 Å². The zero-order valence-corrected chi connectivity index (χ0v) is 11.3. The average Bonchev–Trinajstić information content (AvgIpc) is 2.26. The van der Waals surface area contributed by atoms with Crippen LogP contribution in [-0.2, 0) is 4.79 Å². The predicted molar refractivity (Wildman–Crippen MR) is 73.5 cm³/mol. The normalized spacial score (nSPS) is 24.2. The Kier molecular flexibility index (Phi) is 4.50. The van der Waals surface area contributed by atoms with Gasteiger partial charge in [-0.2, -0.15) is 0 Å². The first-order valence-corrected chi connectivity index (χ1v) is 6.57. The van der Waals surface area contributed by atoms with Crippen molar-refractivity contribution in [2.45, 2.75) is 25.9 Å². The number of halogens is 1. The van der Waals surface area contributed by atoms with Crippen LogP contribution in [0.15, 0.2) is 24.3 Å². The molecule has 0 bridgehead atoms. The lowest BCUT2D eigenvalue weighted by atomic mass is 10.1. The second-order valence-electron chi connectivity index (χ2n) is 5.22. The number of benzene rings is 1. The molecular weight excluding hydrogens is 245 g/mol. The summed E-state index contributed by atoms with van der Waals surface area (Å²) in [5.41, 5.74) is 0.501. The maximum Gasteiger partial charge on any atom is 0.238 e. The first-order valence-electron chi connectivity index (χ1n) is 6.57. The molecule has 0 saturated carbocycles. The maximum atomic E-state index is 13.0. The Labute approximate surface area is 113 Å². The molecule has 1 fully saturated rings. The SMILES string of the molecule is CC1CN(CC(=O)Nc2cccc(F)c2)CC(C)N1. The first kappa shape index (κ1) is 14.0. The summed E-state index contributed by atoms with van der Waals surface area (Å²) < 4.78 is 13.0. The van der Waals surface area contributed by atoms with E-state index in [1.54, 1.807) is 12.1 Å². The maximum absolute atomic E-state index is 13.0. The van der Waals surface area contributed by atoms with E-state index in [-0.39, 0.29) is 11.7 Å². The molecule has 2 N–H and O–H groups in total. The van der Waals surface area contributed by atoms with Gasteiger partial charge in [0.25, 0.3) is 0 Å². The van der Waals surface area contributed by atoms with Crippen molar-refractivity contribution in [1.29, 1.82) is 0 Å². The Morgan fingerprint density at radius 2 is 2.11 bits per heavy atom. The van der Waals surface area contributed by atoms with E-state index in [0.717, 1.165) is 13.1 Å². The summed E-state index contributed by atoms with van der Waals surface area (Å²) >= 11 is 0. The summed E-state index contributed by atoms with van der Waals surface area (Å²) in [6.45, 7) is 6.25. The van der Waals surface area contributed by atoms with Crippen LogP contribution in [0.1, 0.15) is 13.8 Å². The molecule has 1 aliphatic rings. The highest BCUT2D eigenvalue weighted by atomic mass is 19.1. The minimum absolute atomic E-state index is 0.105. The fourth-order valence-corrected chi connectivity index (χ4v) is 2.54. The van der Waals surface area contributed by atoms with Gasteiger partial charge in [-0.3, -0.25) is 9.69 Å². The zero-order chi connectivity index (χ0) is 13.8. The Bertz CT molecular complexity index is 442. The summed E-state index contributed by atoms with van der Waals surface area (Å²) in [6, 6.07) is 6.71. The Hall–Kier alpha value is -1.46. The van der Waals surface area contributed by atoms with Gasteiger partial charge in [0.15, 0.2) is 0 Å². The van der Waals surface area contributed by atoms with E-state index in [0.29, 0.717) is 24.3 Å². The molecule has 2 rings (SSSR count). The number of nitrogens with one attached hydrogen (secondary N) is 2. The Morgan fingerprint density at radius 3 is 2.74 bits per heavy atom. The monoisotopic (exact) mass is 265 g/mol. The Balaban J connectivity index is 1.87. The van der Waals surface area contributed by atoms with Gasteiger partial charge in [-0.1, -0.05) is 6.07 Å². The van der Waals surface area contributed by atoms with Gasteiger partial charge < -0.3 is 10.6 Å². The molecule has 4 nitrogen and oxygen atoms in total. The van der Waals surface area contributed by atoms with Gasteiger partial charge in [0, 0.05) is 30.9 Å². The summed E-state index contributed by atoms with van der Waals surface area (Å²) in [6.07, 6.45) is 0. The zero-order valence-electron chi connectivity index (χ0n) is 11.3. The number of rotatable bonds is 3. The van der Waals surface area contributed by atoms with Gasteiger partial charge in [-0.25, -0.2) is 4.39 Å². The van der Waals surface area contributed by atoms with Crippen LogP contribution in [0.3, 0.4) is 0 Å². The molecule has 2 unspecified atom stereocenters. The molecule has 1 aromatic carbocycles. The molecule has 0 spiro atoms. The predicted octanol–water partition coefficient (Wildman–Crippen LogP) is 1.45. The molecular formula is C14H20FN3O. The lowest BCUT2D eigenvalue weighted by Gasteiger charge is -2.35. The molecule has 0 aromatic heterocycles. The van der Waals surface area contributed by atoms with E-state index < -0.39 is 0 Å². The van der Waals surface area contributed by atoms with Gasteiger partial charge in [-0.15, -0.1) is 0 Å².